The average Bonchev–Trinajstić information content (AvgIpc) is 2.91. The van der Waals surface area contributed by atoms with Crippen LogP contribution in [0, 0.1) is 0 Å². The minimum atomic E-state index is -4.96. The van der Waals surface area contributed by atoms with Crippen molar-refractivity contribution in [3.05, 3.63) is 81.9 Å². The molecule has 0 amide bonds. The first-order chi connectivity index (χ1) is 14.6. The Labute approximate surface area is 190 Å². The van der Waals surface area contributed by atoms with Crippen molar-refractivity contribution < 1.29 is 35.3 Å². The number of rotatable bonds is 5. The van der Waals surface area contributed by atoms with Crippen LogP contribution in [0.25, 0.3) is 0 Å². The maximum absolute atomic E-state index is 12.8. The van der Waals surface area contributed by atoms with E-state index >= 15 is 0 Å². The first kappa shape index (κ1) is 24.1. The summed E-state index contributed by atoms with van der Waals surface area (Å²) in [6.45, 7) is 0. The molecule has 0 bridgehead atoms. The van der Waals surface area contributed by atoms with Crippen molar-refractivity contribution in [2.75, 3.05) is 0 Å². The van der Waals surface area contributed by atoms with Gasteiger partial charge in [-0.15, -0.1) is 0 Å². The normalized spacial score (nSPS) is 19.7. The van der Waals surface area contributed by atoms with E-state index in [1.807, 2.05) is 0 Å². The van der Waals surface area contributed by atoms with E-state index in [4.69, 9.17) is 49.8 Å². The van der Waals surface area contributed by atoms with Crippen LogP contribution >= 0.6 is 11.6 Å². The summed E-state index contributed by atoms with van der Waals surface area (Å²) in [5.74, 6) is -3.13. The van der Waals surface area contributed by atoms with Crippen molar-refractivity contribution in [1.29, 1.82) is 0 Å². The topological polar surface area (TPSA) is 95.7 Å². The van der Waals surface area contributed by atoms with Crippen LogP contribution in [0.3, 0.4) is 0 Å². The third-order valence-corrected chi connectivity index (χ3v) is 6.28. The van der Waals surface area contributed by atoms with E-state index in [0.29, 0.717) is 12.1 Å². The molecule has 1 atom stereocenters. The number of hydrogen-bond donors (Lipinski definition) is 1. The van der Waals surface area contributed by atoms with Gasteiger partial charge in [0, 0.05) is 5.02 Å². The SMILES string of the molecule is [B]C([B])(c1ccc(Cl)cc1)S(=O)(=O)OC1=C(N)O[C@]([B])(c2ccc(C(F)(F)F)cc2)C1=O. The van der Waals surface area contributed by atoms with Crippen molar-refractivity contribution >= 4 is 51.0 Å². The van der Waals surface area contributed by atoms with E-state index in [2.05, 4.69) is 0 Å². The number of carbonyl (C=O) groups is 1. The number of hydrogen-bond acceptors (Lipinski definition) is 6. The van der Waals surface area contributed by atoms with Gasteiger partial charge in [0.25, 0.3) is 0 Å². The number of halogens is 4. The molecule has 1 aliphatic rings. The standard InChI is InChI=1S/C18H10B3ClF3NO5S/c19-16(9-1-3-11(4-2-9)18(23,24)25)14(27)13(15(26)30-16)31-32(28,29)17(20,21)10-5-7-12(22)8-6-10/h1-8H,26H2/t16-/m1/s1. The van der Waals surface area contributed by atoms with Crippen LogP contribution in [0.1, 0.15) is 16.7 Å². The summed E-state index contributed by atoms with van der Waals surface area (Å²) in [5.41, 5.74) is 1.77. The molecule has 3 rings (SSSR count). The van der Waals surface area contributed by atoms with Crippen molar-refractivity contribution in [3.8, 4) is 0 Å². The third kappa shape index (κ3) is 4.11. The monoisotopic (exact) mass is 477 g/mol. The Bertz CT molecular complexity index is 1200. The molecule has 32 heavy (non-hydrogen) atoms. The molecule has 0 unspecified atom stereocenters. The number of carbonyl (C=O) groups excluding carboxylic acids is 1. The maximum atomic E-state index is 12.8. The lowest BCUT2D eigenvalue weighted by molar-refractivity contribution is -0.137. The zero-order valence-electron chi connectivity index (χ0n) is 15.9. The molecule has 0 saturated heterocycles. The predicted molar refractivity (Wildman–Crippen MR) is 111 cm³/mol. The Hall–Kier alpha value is -2.53. The van der Waals surface area contributed by atoms with Crippen molar-refractivity contribution in [3.63, 3.8) is 0 Å². The van der Waals surface area contributed by atoms with Crippen LogP contribution in [-0.4, -0.2) is 37.7 Å². The van der Waals surface area contributed by atoms with Gasteiger partial charge in [-0.2, -0.15) is 21.6 Å². The molecule has 0 aromatic heterocycles. The molecule has 1 aliphatic heterocycles. The molecular weight excluding hydrogens is 467 g/mol. The third-order valence-electron chi connectivity index (χ3n) is 4.58. The molecule has 0 aliphatic carbocycles. The molecule has 2 aromatic carbocycles. The van der Waals surface area contributed by atoms with E-state index in [1.54, 1.807) is 0 Å². The van der Waals surface area contributed by atoms with E-state index < -0.39 is 49.3 Å². The summed E-state index contributed by atoms with van der Waals surface area (Å²) in [5, 5.41) is 0.277. The van der Waals surface area contributed by atoms with Crippen LogP contribution in [0.2, 0.25) is 5.02 Å². The molecule has 14 heteroatoms. The highest BCUT2D eigenvalue weighted by atomic mass is 35.5. The Morgan fingerprint density at radius 2 is 1.50 bits per heavy atom. The zero-order valence-corrected chi connectivity index (χ0v) is 17.5. The molecule has 6 radical (unpaired) electrons. The lowest BCUT2D eigenvalue weighted by Gasteiger charge is -2.26. The largest absolute Gasteiger partial charge is 0.467 e. The number of alkyl halides is 3. The lowest BCUT2D eigenvalue weighted by Crippen LogP contribution is -2.40. The van der Waals surface area contributed by atoms with Crippen molar-refractivity contribution in [2.45, 2.75) is 16.2 Å². The summed E-state index contributed by atoms with van der Waals surface area (Å²) < 4.78 is 71.0. The fraction of sp³-hybridized carbons (Fsp3) is 0.167. The average molecular weight is 477 g/mol. The number of Topliss-reactive ketones (excluding diaryl/α,β-unsaturated/α-hetero) is 1. The first-order valence-electron chi connectivity index (χ1n) is 8.57. The van der Waals surface area contributed by atoms with Crippen LogP contribution in [0.15, 0.2) is 60.2 Å². The summed E-state index contributed by atoms with van der Waals surface area (Å²) >= 11 is 5.75. The van der Waals surface area contributed by atoms with Crippen molar-refractivity contribution in [1.82, 2.24) is 0 Å². The highest BCUT2D eigenvalue weighted by Gasteiger charge is 2.50. The minimum Gasteiger partial charge on any atom is -0.467 e. The van der Waals surface area contributed by atoms with Gasteiger partial charge in [0.1, 0.15) is 7.85 Å². The van der Waals surface area contributed by atoms with E-state index in [9.17, 15) is 26.4 Å². The predicted octanol–water partition coefficient (Wildman–Crippen LogP) is 1.90. The van der Waals surface area contributed by atoms with Gasteiger partial charge < -0.3 is 14.7 Å². The summed E-state index contributed by atoms with van der Waals surface area (Å²) in [7, 11) is 12.4. The van der Waals surface area contributed by atoms with Crippen LogP contribution < -0.4 is 5.73 Å². The Morgan fingerprint density at radius 1 is 1.00 bits per heavy atom. The molecular formula is C18H10B3ClF3NO5S. The number of ether oxygens (including phenoxy) is 1. The van der Waals surface area contributed by atoms with E-state index in [0.717, 1.165) is 12.1 Å². The lowest BCUT2D eigenvalue weighted by atomic mass is 9.65. The van der Waals surface area contributed by atoms with E-state index in [1.165, 1.54) is 24.3 Å². The Kier molecular flexibility index (Phi) is 5.88. The molecule has 2 aromatic rings. The molecule has 2 N–H and O–H groups in total. The highest BCUT2D eigenvalue weighted by molar-refractivity contribution is 7.90. The van der Waals surface area contributed by atoms with Crippen LogP contribution in [-0.2, 0) is 40.1 Å². The summed E-state index contributed by atoms with van der Waals surface area (Å²) in [6.07, 6.45) is -4.63. The van der Waals surface area contributed by atoms with Gasteiger partial charge in [-0.25, -0.2) is 0 Å². The molecule has 0 fully saturated rings. The van der Waals surface area contributed by atoms with Gasteiger partial charge in [-0.3, -0.25) is 4.79 Å². The fourth-order valence-corrected chi connectivity index (χ4v) is 3.82. The number of nitrogens with two attached hydrogens (primary N) is 1. The second kappa shape index (κ2) is 7.81. The van der Waals surface area contributed by atoms with Gasteiger partial charge in [0.05, 0.1) is 25.8 Å². The Balaban J connectivity index is 1.90. The van der Waals surface area contributed by atoms with Gasteiger partial charge in [0.15, 0.2) is 5.50 Å². The van der Waals surface area contributed by atoms with Gasteiger partial charge >= 0.3 is 16.3 Å². The second-order valence-corrected chi connectivity index (χ2v) is 8.96. The Morgan fingerprint density at radius 3 is 2.00 bits per heavy atom. The van der Waals surface area contributed by atoms with Crippen LogP contribution in [0.4, 0.5) is 13.2 Å². The van der Waals surface area contributed by atoms with Crippen molar-refractivity contribution in [2.24, 2.45) is 5.73 Å². The minimum absolute atomic E-state index is 0.130. The van der Waals surface area contributed by atoms with Gasteiger partial charge in [-0.1, -0.05) is 35.9 Å². The highest BCUT2D eigenvalue weighted by Crippen LogP contribution is 2.39. The zero-order chi connectivity index (χ0) is 24.1. The number of benzene rings is 2. The first-order valence-corrected chi connectivity index (χ1v) is 10.4. The summed E-state index contributed by atoms with van der Waals surface area (Å²) in [4.78, 5) is 12.8. The van der Waals surface area contributed by atoms with Crippen LogP contribution in [0.5, 0.6) is 0 Å². The van der Waals surface area contributed by atoms with Gasteiger partial charge in [-0.05, 0) is 35.4 Å². The second-order valence-electron chi connectivity index (χ2n) is 6.77. The van der Waals surface area contributed by atoms with Gasteiger partial charge in [0.2, 0.25) is 17.4 Å². The number of ketones is 1. The molecule has 160 valence electrons. The fourth-order valence-electron chi connectivity index (χ4n) is 2.76. The molecule has 6 nitrogen and oxygen atoms in total. The smallest absolute Gasteiger partial charge is 0.416 e. The maximum Gasteiger partial charge on any atom is 0.416 e. The molecule has 0 spiro atoms. The van der Waals surface area contributed by atoms with E-state index in [-0.39, 0.29) is 16.1 Å². The molecule has 1 heterocycles. The quantitative estimate of drug-likeness (QED) is 0.523. The summed E-state index contributed by atoms with van der Waals surface area (Å²) in [6, 6.07) is 8.20. The molecule has 0 saturated carbocycles.